The van der Waals surface area contributed by atoms with Crippen LogP contribution in [-0.4, -0.2) is 48.8 Å². The molecule has 0 radical (unpaired) electrons. The number of nitrogens with zero attached hydrogens (tertiary/aromatic N) is 2. The lowest BCUT2D eigenvalue weighted by Crippen LogP contribution is -2.41. The zero-order chi connectivity index (χ0) is 22.8. The molecule has 0 aliphatic carbocycles. The second-order valence-corrected chi connectivity index (χ2v) is 9.31. The smallest absolute Gasteiger partial charge is 0.313 e. The van der Waals surface area contributed by atoms with E-state index >= 15 is 0 Å². The van der Waals surface area contributed by atoms with Crippen LogP contribution in [-0.2, 0) is 33.8 Å². The van der Waals surface area contributed by atoms with Gasteiger partial charge in [0.25, 0.3) is 0 Å². The Morgan fingerprint density at radius 2 is 1.64 bits per heavy atom. The van der Waals surface area contributed by atoms with E-state index < -0.39 is 11.8 Å². The summed E-state index contributed by atoms with van der Waals surface area (Å²) < 4.78 is 0. The molecule has 172 valence electrons. The van der Waals surface area contributed by atoms with E-state index in [9.17, 15) is 14.4 Å². The van der Waals surface area contributed by atoms with Gasteiger partial charge in [-0.25, -0.2) is 0 Å². The number of carbonyl (C=O) groups is 3. The zero-order valence-corrected chi connectivity index (χ0v) is 18.8. The zero-order valence-electron chi connectivity index (χ0n) is 18.8. The van der Waals surface area contributed by atoms with Gasteiger partial charge in [0.15, 0.2) is 0 Å². The van der Waals surface area contributed by atoms with Crippen LogP contribution in [0.3, 0.4) is 0 Å². The fourth-order valence-electron chi connectivity index (χ4n) is 5.23. The number of hydrogen-bond acceptors (Lipinski definition) is 4. The maximum atomic E-state index is 12.5. The van der Waals surface area contributed by atoms with E-state index in [1.54, 1.807) is 0 Å². The molecule has 7 heteroatoms. The molecule has 1 saturated heterocycles. The largest absolute Gasteiger partial charge is 0.348 e. The summed E-state index contributed by atoms with van der Waals surface area (Å²) in [5.41, 5.74) is 5.10. The number of piperidine rings is 1. The van der Waals surface area contributed by atoms with Crippen LogP contribution in [0.15, 0.2) is 42.5 Å². The van der Waals surface area contributed by atoms with Crippen LogP contribution in [0.4, 0.5) is 11.4 Å². The molecule has 7 nitrogen and oxygen atoms in total. The number of benzene rings is 2. The summed E-state index contributed by atoms with van der Waals surface area (Å²) in [6, 6.07) is 14.3. The summed E-state index contributed by atoms with van der Waals surface area (Å²) in [5, 5.41) is 5.58. The Balaban J connectivity index is 1.09. The van der Waals surface area contributed by atoms with Gasteiger partial charge in [-0.05, 0) is 73.5 Å². The first-order valence-corrected chi connectivity index (χ1v) is 11.9. The molecular formula is C26H30N4O3. The minimum atomic E-state index is -0.634. The molecule has 0 unspecified atom stereocenters. The van der Waals surface area contributed by atoms with Crippen molar-refractivity contribution in [3.63, 3.8) is 0 Å². The van der Waals surface area contributed by atoms with Crippen LogP contribution in [0.1, 0.15) is 36.0 Å². The van der Waals surface area contributed by atoms with Crippen molar-refractivity contribution in [2.45, 2.75) is 38.6 Å². The second kappa shape index (κ2) is 9.35. The first kappa shape index (κ1) is 21.6. The topological polar surface area (TPSA) is 81.8 Å². The van der Waals surface area contributed by atoms with Gasteiger partial charge in [-0.3, -0.25) is 19.3 Å². The molecule has 3 aliphatic heterocycles. The lowest BCUT2D eigenvalue weighted by atomic mass is 9.96. The molecule has 0 aromatic heterocycles. The van der Waals surface area contributed by atoms with Gasteiger partial charge >= 0.3 is 11.8 Å². The average Bonchev–Trinajstić information content (AvgIpc) is 3.27. The summed E-state index contributed by atoms with van der Waals surface area (Å²) in [4.78, 5) is 41.2. The maximum absolute atomic E-state index is 12.5. The molecule has 3 aliphatic rings. The van der Waals surface area contributed by atoms with Crippen molar-refractivity contribution in [1.82, 2.24) is 10.2 Å². The second-order valence-electron chi connectivity index (χ2n) is 9.31. The fraction of sp³-hybridized carbons (Fsp3) is 0.423. The predicted molar refractivity (Wildman–Crippen MR) is 127 cm³/mol. The third kappa shape index (κ3) is 4.78. The first-order chi connectivity index (χ1) is 16.1. The van der Waals surface area contributed by atoms with Gasteiger partial charge in [0.2, 0.25) is 5.91 Å². The van der Waals surface area contributed by atoms with E-state index in [4.69, 9.17) is 0 Å². The summed E-state index contributed by atoms with van der Waals surface area (Å²) in [7, 11) is 0. The Morgan fingerprint density at radius 1 is 0.909 bits per heavy atom. The summed E-state index contributed by atoms with van der Waals surface area (Å²) in [6.45, 7) is 4.18. The van der Waals surface area contributed by atoms with Crippen molar-refractivity contribution in [3.8, 4) is 0 Å². The van der Waals surface area contributed by atoms with Gasteiger partial charge in [-0.1, -0.05) is 30.3 Å². The molecule has 3 heterocycles. The third-order valence-corrected chi connectivity index (χ3v) is 7.02. The molecule has 33 heavy (non-hydrogen) atoms. The lowest BCUT2D eigenvalue weighted by molar-refractivity contribution is -0.136. The monoisotopic (exact) mass is 446 g/mol. The van der Waals surface area contributed by atoms with E-state index in [0.29, 0.717) is 37.5 Å². The standard InChI is InChI=1S/C26H30N4O3/c31-23-7-6-20-14-22(15-21-10-13-30(23)24(20)21)28-26(33)25(32)27-16-18-8-11-29(12-9-18)17-19-4-2-1-3-5-19/h1-5,14-15,18H,6-13,16-17H2,(H,27,32)(H,28,33). The average molecular weight is 447 g/mol. The van der Waals surface area contributed by atoms with Crippen molar-refractivity contribution < 1.29 is 14.4 Å². The highest BCUT2D eigenvalue weighted by molar-refractivity contribution is 6.39. The van der Waals surface area contributed by atoms with Crippen LogP contribution in [0, 0.1) is 5.92 Å². The molecule has 2 N–H and O–H groups in total. The summed E-state index contributed by atoms with van der Waals surface area (Å²) >= 11 is 0. The van der Waals surface area contributed by atoms with Crippen LogP contribution < -0.4 is 15.5 Å². The predicted octanol–water partition coefficient (Wildman–Crippen LogP) is 2.49. The number of aryl methyl sites for hydroxylation is 1. The first-order valence-electron chi connectivity index (χ1n) is 11.9. The Bertz CT molecular complexity index is 1060. The van der Waals surface area contributed by atoms with Gasteiger partial charge < -0.3 is 15.5 Å². The van der Waals surface area contributed by atoms with Crippen molar-refractivity contribution in [2.75, 3.05) is 36.4 Å². The van der Waals surface area contributed by atoms with E-state index in [0.717, 1.165) is 55.7 Å². The van der Waals surface area contributed by atoms with Gasteiger partial charge in [0.1, 0.15) is 0 Å². The number of amides is 3. The quantitative estimate of drug-likeness (QED) is 0.692. The van der Waals surface area contributed by atoms with Crippen LogP contribution in [0.5, 0.6) is 0 Å². The third-order valence-electron chi connectivity index (χ3n) is 7.02. The number of hydrogen-bond donors (Lipinski definition) is 2. The Hall–Kier alpha value is -3.19. The molecule has 0 atom stereocenters. The molecule has 2 aromatic rings. The summed E-state index contributed by atoms with van der Waals surface area (Å²) in [6.07, 6.45) is 3.98. The molecule has 0 bridgehead atoms. The Kier molecular flexibility index (Phi) is 6.13. The number of carbonyl (C=O) groups excluding carboxylic acids is 3. The Morgan fingerprint density at radius 3 is 2.39 bits per heavy atom. The van der Waals surface area contributed by atoms with Gasteiger partial charge in [0.05, 0.1) is 5.69 Å². The molecule has 1 fully saturated rings. The SMILES string of the molecule is O=C(NCC1CCN(Cc2ccccc2)CC1)C(=O)Nc1cc2c3c(c1)CCN3C(=O)CC2. The molecule has 3 amide bonds. The highest BCUT2D eigenvalue weighted by Crippen LogP contribution is 2.38. The van der Waals surface area contributed by atoms with E-state index in [1.807, 2.05) is 23.1 Å². The molecule has 2 aromatic carbocycles. The van der Waals surface area contributed by atoms with Crippen LogP contribution in [0.2, 0.25) is 0 Å². The number of nitrogens with one attached hydrogen (secondary N) is 2. The fourth-order valence-corrected chi connectivity index (χ4v) is 5.23. The van der Waals surface area contributed by atoms with E-state index in [1.165, 1.54) is 5.56 Å². The minimum Gasteiger partial charge on any atom is -0.348 e. The number of rotatable bonds is 5. The molecule has 5 rings (SSSR count). The van der Waals surface area contributed by atoms with Crippen LogP contribution >= 0.6 is 0 Å². The summed E-state index contributed by atoms with van der Waals surface area (Å²) in [5.74, 6) is -0.664. The Labute approximate surface area is 194 Å². The highest BCUT2D eigenvalue weighted by Gasteiger charge is 2.31. The maximum Gasteiger partial charge on any atom is 0.313 e. The normalized spacial score (nSPS) is 18.2. The molecule has 0 spiro atoms. The van der Waals surface area contributed by atoms with Crippen molar-refractivity contribution >= 4 is 29.1 Å². The van der Waals surface area contributed by atoms with E-state index in [-0.39, 0.29) is 5.91 Å². The van der Waals surface area contributed by atoms with Gasteiger partial charge in [-0.2, -0.15) is 0 Å². The van der Waals surface area contributed by atoms with Crippen molar-refractivity contribution in [1.29, 1.82) is 0 Å². The van der Waals surface area contributed by atoms with Crippen molar-refractivity contribution in [2.24, 2.45) is 5.92 Å². The van der Waals surface area contributed by atoms with Gasteiger partial charge in [-0.15, -0.1) is 0 Å². The highest BCUT2D eigenvalue weighted by atomic mass is 16.2. The molecular weight excluding hydrogens is 416 g/mol. The number of likely N-dealkylation sites (tertiary alicyclic amines) is 1. The minimum absolute atomic E-state index is 0.170. The lowest BCUT2D eigenvalue weighted by Gasteiger charge is -2.32. The van der Waals surface area contributed by atoms with E-state index in [2.05, 4.69) is 39.8 Å². The molecule has 0 saturated carbocycles. The van der Waals surface area contributed by atoms with Gasteiger partial charge in [0, 0.05) is 31.7 Å². The van der Waals surface area contributed by atoms with Crippen molar-refractivity contribution in [3.05, 3.63) is 59.2 Å². The van der Waals surface area contributed by atoms with Crippen LogP contribution in [0.25, 0.3) is 0 Å². The number of anilines is 2.